The Labute approximate surface area is 139 Å². The quantitative estimate of drug-likeness (QED) is 0.664. The number of hydrogen-bond donors (Lipinski definition) is 1. The van der Waals surface area contributed by atoms with Crippen molar-refractivity contribution in [3.8, 4) is 0 Å². The maximum absolute atomic E-state index is 12.3. The van der Waals surface area contributed by atoms with Crippen molar-refractivity contribution in [3.63, 3.8) is 0 Å². The van der Waals surface area contributed by atoms with E-state index in [-0.39, 0.29) is 5.91 Å². The van der Waals surface area contributed by atoms with Crippen molar-refractivity contribution in [2.45, 2.75) is 13.8 Å². The average Bonchev–Trinajstić information content (AvgIpc) is 2.38. The van der Waals surface area contributed by atoms with Gasteiger partial charge < -0.3 is 5.32 Å². The second-order valence-corrected chi connectivity index (χ2v) is 6.67. The average molecular weight is 418 g/mol. The summed E-state index contributed by atoms with van der Waals surface area (Å²) in [5.41, 5.74) is 3.16. The molecule has 5 heteroatoms. The summed E-state index contributed by atoms with van der Waals surface area (Å²) in [7, 11) is 0. The van der Waals surface area contributed by atoms with Crippen LogP contribution < -0.4 is 5.32 Å². The van der Waals surface area contributed by atoms with Crippen LogP contribution in [0.2, 0.25) is 5.02 Å². The van der Waals surface area contributed by atoms with Gasteiger partial charge in [-0.2, -0.15) is 0 Å². The highest BCUT2D eigenvalue weighted by Crippen LogP contribution is 2.29. The van der Waals surface area contributed by atoms with E-state index in [9.17, 15) is 4.79 Å². The van der Waals surface area contributed by atoms with Crippen LogP contribution in [0, 0.1) is 13.8 Å². The van der Waals surface area contributed by atoms with Crippen LogP contribution in [0.3, 0.4) is 0 Å². The van der Waals surface area contributed by atoms with E-state index in [2.05, 4.69) is 37.2 Å². The molecule has 0 aromatic heterocycles. The first-order valence-electron chi connectivity index (χ1n) is 5.91. The first-order valence-corrected chi connectivity index (χ1v) is 7.88. The Morgan fingerprint density at radius 3 is 2.50 bits per heavy atom. The summed E-state index contributed by atoms with van der Waals surface area (Å²) in [6, 6.07) is 9.23. The monoisotopic (exact) mass is 415 g/mol. The van der Waals surface area contributed by atoms with Crippen molar-refractivity contribution in [1.82, 2.24) is 0 Å². The van der Waals surface area contributed by atoms with Crippen LogP contribution in [0.4, 0.5) is 5.69 Å². The molecular formula is C15H12Br2ClNO. The van der Waals surface area contributed by atoms with Gasteiger partial charge in [0.05, 0.1) is 5.69 Å². The number of carbonyl (C=O) groups excluding carboxylic acids is 1. The van der Waals surface area contributed by atoms with Gasteiger partial charge in [0.1, 0.15) is 0 Å². The number of anilines is 1. The molecule has 0 aliphatic carbocycles. The van der Waals surface area contributed by atoms with Crippen LogP contribution in [0.15, 0.2) is 39.3 Å². The Bertz CT molecular complexity index is 686. The van der Waals surface area contributed by atoms with Crippen LogP contribution >= 0.6 is 43.5 Å². The van der Waals surface area contributed by atoms with Gasteiger partial charge in [-0.05, 0) is 65.2 Å². The van der Waals surface area contributed by atoms with Crippen LogP contribution in [0.1, 0.15) is 21.5 Å². The van der Waals surface area contributed by atoms with Crippen LogP contribution in [0.5, 0.6) is 0 Å². The van der Waals surface area contributed by atoms with E-state index in [4.69, 9.17) is 11.6 Å². The molecule has 2 aromatic carbocycles. The summed E-state index contributed by atoms with van der Waals surface area (Å²) in [5, 5.41) is 3.49. The highest BCUT2D eigenvalue weighted by Gasteiger charge is 2.12. The zero-order valence-electron chi connectivity index (χ0n) is 10.9. The minimum atomic E-state index is -0.163. The van der Waals surface area contributed by atoms with Crippen LogP contribution in [-0.4, -0.2) is 5.91 Å². The van der Waals surface area contributed by atoms with Gasteiger partial charge in [-0.1, -0.05) is 33.6 Å². The lowest BCUT2D eigenvalue weighted by molar-refractivity contribution is 0.102. The minimum absolute atomic E-state index is 0.163. The molecule has 1 amide bonds. The van der Waals surface area contributed by atoms with E-state index in [1.54, 1.807) is 12.1 Å². The number of benzene rings is 2. The molecule has 0 saturated heterocycles. The largest absolute Gasteiger partial charge is 0.321 e. The third kappa shape index (κ3) is 3.43. The standard InChI is InChI=1S/C15H12Br2ClNO/c1-8-3-4-10(16)6-11(8)15(20)19-14-7-13(18)9(2)5-12(14)17/h3-7H,1-2H3,(H,19,20). The van der Waals surface area contributed by atoms with Crippen LogP contribution in [-0.2, 0) is 0 Å². The number of amides is 1. The molecule has 0 spiro atoms. The normalized spacial score (nSPS) is 10.4. The van der Waals surface area contributed by atoms with Gasteiger partial charge in [0.2, 0.25) is 0 Å². The molecule has 2 rings (SSSR count). The molecule has 0 unspecified atom stereocenters. The number of carbonyl (C=O) groups is 1. The molecule has 0 bridgehead atoms. The number of aryl methyl sites for hydroxylation is 2. The van der Waals surface area contributed by atoms with Gasteiger partial charge in [0.25, 0.3) is 5.91 Å². The fourth-order valence-electron chi connectivity index (χ4n) is 1.77. The Balaban J connectivity index is 2.32. The molecule has 0 radical (unpaired) electrons. The number of halogens is 3. The van der Waals surface area contributed by atoms with Crippen molar-refractivity contribution in [3.05, 3.63) is 61.0 Å². The molecule has 0 aliphatic heterocycles. The Morgan fingerprint density at radius 1 is 1.10 bits per heavy atom. The van der Waals surface area contributed by atoms with Crippen molar-refractivity contribution in [2.24, 2.45) is 0 Å². The van der Waals surface area contributed by atoms with Gasteiger partial charge in [-0.3, -0.25) is 4.79 Å². The second kappa shape index (κ2) is 6.29. The molecule has 0 aliphatic rings. The van der Waals surface area contributed by atoms with Gasteiger partial charge in [0.15, 0.2) is 0 Å². The van der Waals surface area contributed by atoms with Gasteiger partial charge >= 0.3 is 0 Å². The van der Waals surface area contributed by atoms with E-state index < -0.39 is 0 Å². The summed E-state index contributed by atoms with van der Waals surface area (Å²) < 4.78 is 1.68. The lowest BCUT2D eigenvalue weighted by atomic mass is 10.1. The zero-order valence-corrected chi connectivity index (χ0v) is 14.9. The molecular weight excluding hydrogens is 405 g/mol. The topological polar surface area (TPSA) is 29.1 Å². The predicted molar refractivity (Wildman–Crippen MR) is 90.7 cm³/mol. The van der Waals surface area contributed by atoms with Gasteiger partial charge in [-0.15, -0.1) is 0 Å². The SMILES string of the molecule is Cc1cc(Br)c(NC(=O)c2cc(Br)ccc2C)cc1Cl. The summed E-state index contributed by atoms with van der Waals surface area (Å²) >= 11 is 12.9. The van der Waals surface area contributed by atoms with E-state index in [0.717, 1.165) is 20.1 Å². The van der Waals surface area contributed by atoms with Crippen molar-refractivity contribution in [2.75, 3.05) is 5.32 Å². The molecule has 20 heavy (non-hydrogen) atoms. The smallest absolute Gasteiger partial charge is 0.256 e. The molecule has 1 N–H and O–H groups in total. The molecule has 0 atom stereocenters. The second-order valence-electron chi connectivity index (χ2n) is 4.49. The lowest BCUT2D eigenvalue weighted by Crippen LogP contribution is -2.14. The Kier molecular flexibility index (Phi) is 4.89. The van der Waals surface area contributed by atoms with Gasteiger partial charge in [-0.25, -0.2) is 0 Å². The maximum Gasteiger partial charge on any atom is 0.256 e. The maximum atomic E-state index is 12.3. The Morgan fingerprint density at radius 2 is 1.80 bits per heavy atom. The predicted octanol–water partition coefficient (Wildman–Crippen LogP) is 5.73. The molecule has 2 aromatic rings. The summed E-state index contributed by atoms with van der Waals surface area (Å²) in [6.45, 7) is 3.82. The molecule has 0 fully saturated rings. The lowest BCUT2D eigenvalue weighted by Gasteiger charge is -2.11. The summed E-state index contributed by atoms with van der Waals surface area (Å²) in [5.74, 6) is -0.163. The fourth-order valence-corrected chi connectivity index (χ4v) is 2.85. The van der Waals surface area contributed by atoms with Gasteiger partial charge in [0, 0.05) is 19.5 Å². The first-order chi connectivity index (χ1) is 9.38. The third-order valence-electron chi connectivity index (χ3n) is 2.94. The molecule has 104 valence electrons. The fraction of sp³-hybridized carbons (Fsp3) is 0.133. The van der Waals surface area contributed by atoms with E-state index in [1.807, 2.05) is 32.0 Å². The highest BCUT2D eigenvalue weighted by molar-refractivity contribution is 9.10. The zero-order chi connectivity index (χ0) is 14.9. The van der Waals surface area contributed by atoms with Crippen molar-refractivity contribution < 1.29 is 4.79 Å². The number of hydrogen-bond acceptors (Lipinski definition) is 1. The number of rotatable bonds is 2. The third-order valence-corrected chi connectivity index (χ3v) is 4.50. The summed E-state index contributed by atoms with van der Waals surface area (Å²) in [4.78, 5) is 12.3. The molecule has 2 nitrogen and oxygen atoms in total. The van der Waals surface area contributed by atoms with Crippen LogP contribution in [0.25, 0.3) is 0 Å². The molecule has 0 heterocycles. The van der Waals surface area contributed by atoms with Crippen molar-refractivity contribution in [1.29, 1.82) is 0 Å². The Hall–Kier alpha value is -0.840. The number of nitrogens with one attached hydrogen (secondary N) is 1. The van der Waals surface area contributed by atoms with E-state index >= 15 is 0 Å². The van der Waals surface area contributed by atoms with Crippen molar-refractivity contribution >= 4 is 55.1 Å². The highest BCUT2D eigenvalue weighted by atomic mass is 79.9. The van der Waals surface area contributed by atoms with E-state index in [1.165, 1.54) is 0 Å². The minimum Gasteiger partial charge on any atom is -0.321 e. The summed E-state index contributed by atoms with van der Waals surface area (Å²) in [6.07, 6.45) is 0. The van der Waals surface area contributed by atoms with E-state index in [0.29, 0.717) is 16.3 Å². The molecule has 0 saturated carbocycles. The first kappa shape index (κ1) is 15.5.